The Bertz CT molecular complexity index is 344. The quantitative estimate of drug-likeness (QED) is 0.707. The van der Waals surface area contributed by atoms with Crippen LogP contribution in [0.3, 0.4) is 0 Å². The van der Waals surface area contributed by atoms with Crippen LogP contribution in [0.4, 0.5) is 0 Å². The number of likely N-dealkylation sites (N-methyl/N-ethyl adjacent to an activating group) is 1. The van der Waals surface area contributed by atoms with Crippen LogP contribution >= 0.6 is 15.9 Å². The molecule has 1 unspecified atom stereocenters. The first-order valence-corrected chi connectivity index (χ1v) is 6.99. The highest BCUT2D eigenvalue weighted by atomic mass is 79.9. The molecular weight excluding hydrogens is 298 g/mol. The summed E-state index contributed by atoms with van der Waals surface area (Å²) < 4.78 is 13.6. The molecule has 0 aliphatic heterocycles. The number of rotatable bonds is 9. The normalized spacial score (nSPS) is 12.9. The zero-order valence-corrected chi connectivity index (χ0v) is 12.9. The summed E-state index contributed by atoms with van der Waals surface area (Å²) in [6.45, 7) is 4.88. The first kappa shape index (κ1) is 15.6. The van der Waals surface area contributed by atoms with Crippen molar-refractivity contribution in [1.29, 1.82) is 0 Å². The molecule has 1 rings (SSSR count). The van der Waals surface area contributed by atoms with Crippen LogP contribution < -0.4 is 5.32 Å². The van der Waals surface area contributed by atoms with E-state index in [2.05, 4.69) is 33.3 Å². The van der Waals surface area contributed by atoms with Crippen LogP contribution in [-0.4, -0.2) is 43.8 Å². The highest BCUT2D eigenvalue weighted by Crippen LogP contribution is 2.23. The van der Waals surface area contributed by atoms with Crippen molar-refractivity contribution in [3.05, 3.63) is 16.4 Å². The zero-order valence-electron chi connectivity index (χ0n) is 11.3. The predicted octanol–water partition coefficient (Wildman–Crippen LogP) is 1.98. The van der Waals surface area contributed by atoms with Crippen molar-refractivity contribution >= 4 is 15.9 Å². The molecule has 0 spiro atoms. The van der Waals surface area contributed by atoms with Crippen molar-refractivity contribution in [3.63, 3.8) is 0 Å². The first-order chi connectivity index (χ1) is 8.74. The van der Waals surface area contributed by atoms with Gasteiger partial charge in [0.05, 0.1) is 42.2 Å². The average molecular weight is 320 g/mol. The highest BCUT2D eigenvalue weighted by Gasteiger charge is 2.18. The van der Waals surface area contributed by atoms with Crippen LogP contribution in [0.15, 0.2) is 10.7 Å². The summed E-state index contributed by atoms with van der Waals surface area (Å²) in [5.41, 5.74) is 1.14. The Morgan fingerprint density at radius 3 is 2.89 bits per heavy atom. The fraction of sp³-hybridized carbons (Fsp3) is 0.750. The van der Waals surface area contributed by atoms with Crippen LogP contribution in [0.5, 0.6) is 0 Å². The molecule has 1 aromatic heterocycles. The molecule has 0 aliphatic rings. The Hall–Kier alpha value is -0.430. The second kappa shape index (κ2) is 8.63. The molecular formula is C12H22BrN3O2. The van der Waals surface area contributed by atoms with Crippen molar-refractivity contribution in [2.45, 2.75) is 25.9 Å². The van der Waals surface area contributed by atoms with Gasteiger partial charge in [-0.1, -0.05) is 6.92 Å². The third-order valence-electron chi connectivity index (χ3n) is 2.66. The lowest BCUT2D eigenvalue weighted by molar-refractivity contribution is 0.0583. The smallest absolute Gasteiger partial charge is 0.0738 e. The maximum Gasteiger partial charge on any atom is 0.0738 e. The molecule has 1 atom stereocenters. The van der Waals surface area contributed by atoms with Crippen molar-refractivity contribution in [3.8, 4) is 0 Å². The Morgan fingerprint density at radius 2 is 2.28 bits per heavy atom. The minimum absolute atomic E-state index is 0.130. The number of nitrogens with one attached hydrogen (secondary N) is 1. The molecule has 0 bridgehead atoms. The van der Waals surface area contributed by atoms with Crippen LogP contribution in [0, 0.1) is 0 Å². The number of ether oxygens (including phenoxy) is 2. The van der Waals surface area contributed by atoms with Gasteiger partial charge in [0.15, 0.2) is 0 Å². The SMILES string of the molecule is CCCn1ncc(Br)c1C(COCCOC)NC. The molecule has 0 fully saturated rings. The summed E-state index contributed by atoms with van der Waals surface area (Å²) in [4.78, 5) is 0. The third-order valence-corrected chi connectivity index (χ3v) is 3.27. The van der Waals surface area contributed by atoms with Gasteiger partial charge in [0, 0.05) is 13.7 Å². The fourth-order valence-corrected chi connectivity index (χ4v) is 2.32. The van der Waals surface area contributed by atoms with Gasteiger partial charge in [-0.05, 0) is 29.4 Å². The van der Waals surface area contributed by atoms with E-state index in [-0.39, 0.29) is 6.04 Å². The lowest BCUT2D eigenvalue weighted by Crippen LogP contribution is -2.26. The van der Waals surface area contributed by atoms with E-state index in [4.69, 9.17) is 9.47 Å². The molecule has 0 saturated carbocycles. The minimum atomic E-state index is 0.130. The molecule has 1 N–H and O–H groups in total. The van der Waals surface area contributed by atoms with Crippen molar-refractivity contribution in [1.82, 2.24) is 15.1 Å². The fourth-order valence-electron chi connectivity index (χ4n) is 1.75. The summed E-state index contributed by atoms with van der Waals surface area (Å²) in [6, 6.07) is 0.130. The Morgan fingerprint density at radius 1 is 1.50 bits per heavy atom. The van der Waals surface area contributed by atoms with Crippen LogP contribution in [0.2, 0.25) is 0 Å². The molecule has 0 radical (unpaired) electrons. The predicted molar refractivity (Wildman–Crippen MR) is 74.7 cm³/mol. The lowest BCUT2D eigenvalue weighted by Gasteiger charge is -2.18. The molecule has 5 nitrogen and oxygen atoms in total. The van der Waals surface area contributed by atoms with Gasteiger partial charge in [0.25, 0.3) is 0 Å². The highest BCUT2D eigenvalue weighted by molar-refractivity contribution is 9.10. The van der Waals surface area contributed by atoms with E-state index in [1.807, 2.05) is 17.9 Å². The monoisotopic (exact) mass is 319 g/mol. The second-order valence-electron chi connectivity index (χ2n) is 4.01. The summed E-state index contributed by atoms with van der Waals surface area (Å²) >= 11 is 3.55. The summed E-state index contributed by atoms with van der Waals surface area (Å²) in [7, 11) is 3.60. The number of nitrogens with zero attached hydrogens (tertiary/aromatic N) is 2. The van der Waals surface area contributed by atoms with E-state index < -0.39 is 0 Å². The molecule has 0 aromatic carbocycles. The number of hydrogen-bond acceptors (Lipinski definition) is 4. The van der Waals surface area contributed by atoms with Gasteiger partial charge in [-0.3, -0.25) is 4.68 Å². The van der Waals surface area contributed by atoms with E-state index in [1.54, 1.807) is 7.11 Å². The summed E-state index contributed by atoms with van der Waals surface area (Å²) in [6.07, 6.45) is 2.90. The van der Waals surface area contributed by atoms with Gasteiger partial charge < -0.3 is 14.8 Å². The topological polar surface area (TPSA) is 48.3 Å². The molecule has 1 aromatic rings. The lowest BCUT2D eigenvalue weighted by atomic mass is 10.2. The molecule has 104 valence electrons. The number of methoxy groups -OCH3 is 1. The van der Waals surface area contributed by atoms with E-state index >= 15 is 0 Å². The largest absolute Gasteiger partial charge is 0.382 e. The Kier molecular flexibility index (Phi) is 7.50. The van der Waals surface area contributed by atoms with Crippen LogP contribution in [0.25, 0.3) is 0 Å². The van der Waals surface area contributed by atoms with E-state index in [0.717, 1.165) is 23.1 Å². The standard InChI is InChI=1S/C12H22BrN3O2/c1-4-5-16-12(10(13)8-15-16)11(14-2)9-18-7-6-17-3/h8,11,14H,4-7,9H2,1-3H3. The number of aromatic nitrogens is 2. The molecule has 6 heteroatoms. The number of aryl methyl sites for hydroxylation is 1. The molecule has 0 saturated heterocycles. The maximum absolute atomic E-state index is 5.59. The van der Waals surface area contributed by atoms with Gasteiger partial charge in [-0.2, -0.15) is 5.10 Å². The zero-order chi connectivity index (χ0) is 13.4. The van der Waals surface area contributed by atoms with Gasteiger partial charge in [0.2, 0.25) is 0 Å². The van der Waals surface area contributed by atoms with Crippen molar-refractivity contribution < 1.29 is 9.47 Å². The number of halogens is 1. The van der Waals surface area contributed by atoms with Crippen LogP contribution in [0.1, 0.15) is 25.1 Å². The van der Waals surface area contributed by atoms with Gasteiger partial charge >= 0.3 is 0 Å². The van der Waals surface area contributed by atoms with E-state index in [1.165, 1.54) is 0 Å². The molecule has 0 amide bonds. The summed E-state index contributed by atoms with van der Waals surface area (Å²) in [5.74, 6) is 0. The van der Waals surface area contributed by atoms with Crippen LogP contribution in [-0.2, 0) is 16.0 Å². The van der Waals surface area contributed by atoms with E-state index in [9.17, 15) is 0 Å². The molecule has 18 heavy (non-hydrogen) atoms. The molecule has 1 heterocycles. The maximum atomic E-state index is 5.59. The van der Waals surface area contributed by atoms with Gasteiger partial charge in [-0.15, -0.1) is 0 Å². The molecule has 0 aliphatic carbocycles. The van der Waals surface area contributed by atoms with Crippen molar-refractivity contribution in [2.24, 2.45) is 0 Å². The van der Waals surface area contributed by atoms with Crippen molar-refractivity contribution in [2.75, 3.05) is 34.0 Å². The first-order valence-electron chi connectivity index (χ1n) is 6.19. The minimum Gasteiger partial charge on any atom is -0.382 e. The Balaban J connectivity index is 2.65. The number of hydrogen-bond donors (Lipinski definition) is 1. The van der Waals surface area contributed by atoms with Gasteiger partial charge in [0.1, 0.15) is 0 Å². The van der Waals surface area contributed by atoms with Gasteiger partial charge in [-0.25, -0.2) is 0 Å². The average Bonchev–Trinajstić information content (AvgIpc) is 2.72. The Labute approximate surface area is 117 Å². The van der Waals surface area contributed by atoms with E-state index in [0.29, 0.717) is 19.8 Å². The summed E-state index contributed by atoms with van der Waals surface area (Å²) in [5, 5.41) is 7.63. The third kappa shape index (κ3) is 4.35. The second-order valence-corrected chi connectivity index (χ2v) is 4.86.